The van der Waals surface area contributed by atoms with E-state index in [4.69, 9.17) is 16.3 Å². The molecule has 0 saturated carbocycles. The van der Waals surface area contributed by atoms with E-state index >= 15 is 0 Å². The lowest BCUT2D eigenvalue weighted by atomic mass is 10.0. The van der Waals surface area contributed by atoms with Crippen LogP contribution >= 0.6 is 11.6 Å². The van der Waals surface area contributed by atoms with Crippen molar-refractivity contribution < 1.29 is 4.74 Å². The molecule has 108 valence electrons. The minimum Gasteiger partial charge on any atom is -0.378 e. The highest BCUT2D eigenvalue weighted by molar-refractivity contribution is 6.31. The molecule has 2 unspecified atom stereocenters. The zero-order valence-electron chi connectivity index (χ0n) is 11.9. The Hall–Kier alpha value is -0.580. The van der Waals surface area contributed by atoms with Crippen LogP contribution in [0.3, 0.4) is 0 Å². The topological polar surface area (TPSA) is 39.1 Å². The van der Waals surface area contributed by atoms with E-state index in [0.717, 1.165) is 43.1 Å². The normalized spacial score (nSPS) is 20.9. The van der Waals surface area contributed by atoms with Crippen LogP contribution in [0.15, 0.2) is 6.20 Å². The molecule has 2 heterocycles. The second kappa shape index (κ2) is 7.27. The van der Waals surface area contributed by atoms with E-state index in [0.29, 0.717) is 6.10 Å². The van der Waals surface area contributed by atoms with E-state index in [9.17, 15) is 0 Å². The second-order valence-corrected chi connectivity index (χ2v) is 5.56. The van der Waals surface area contributed by atoms with E-state index in [2.05, 4.69) is 17.3 Å². The number of aryl methyl sites for hydroxylation is 1. The quantitative estimate of drug-likeness (QED) is 0.836. The minimum absolute atomic E-state index is 0.255. The molecule has 0 amide bonds. The maximum atomic E-state index is 6.30. The van der Waals surface area contributed by atoms with Gasteiger partial charge in [-0.1, -0.05) is 18.5 Å². The van der Waals surface area contributed by atoms with Crippen molar-refractivity contribution in [2.75, 3.05) is 13.7 Å². The van der Waals surface area contributed by atoms with Gasteiger partial charge in [-0.2, -0.15) is 5.10 Å². The predicted molar refractivity (Wildman–Crippen MR) is 77.5 cm³/mol. The molecule has 0 radical (unpaired) electrons. The summed E-state index contributed by atoms with van der Waals surface area (Å²) in [4.78, 5) is 0. The Morgan fingerprint density at radius 3 is 3.11 bits per heavy atom. The highest BCUT2D eigenvalue weighted by atomic mass is 35.5. The zero-order chi connectivity index (χ0) is 13.7. The van der Waals surface area contributed by atoms with Gasteiger partial charge in [0, 0.05) is 13.2 Å². The van der Waals surface area contributed by atoms with Gasteiger partial charge < -0.3 is 10.1 Å². The molecule has 19 heavy (non-hydrogen) atoms. The largest absolute Gasteiger partial charge is 0.378 e. The zero-order valence-corrected chi connectivity index (χ0v) is 12.6. The van der Waals surface area contributed by atoms with Crippen molar-refractivity contribution in [3.8, 4) is 0 Å². The molecule has 0 bridgehead atoms. The maximum Gasteiger partial charge on any atom is 0.0834 e. The van der Waals surface area contributed by atoms with Gasteiger partial charge in [0.1, 0.15) is 0 Å². The summed E-state index contributed by atoms with van der Waals surface area (Å²) in [7, 11) is 1.99. The molecule has 1 N–H and O–H groups in total. The van der Waals surface area contributed by atoms with Crippen molar-refractivity contribution in [1.29, 1.82) is 0 Å². The number of aromatic nitrogens is 2. The summed E-state index contributed by atoms with van der Waals surface area (Å²) in [6.45, 7) is 3.99. The van der Waals surface area contributed by atoms with Crippen LogP contribution in [0.5, 0.6) is 0 Å². The molecule has 0 aromatic carbocycles. The molecule has 2 atom stereocenters. The van der Waals surface area contributed by atoms with Crippen LogP contribution in [0.4, 0.5) is 0 Å². The van der Waals surface area contributed by atoms with E-state index < -0.39 is 0 Å². The van der Waals surface area contributed by atoms with Crippen LogP contribution in [0.25, 0.3) is 0 Å². The number of ether oxygens (including phenoxy) is 1. The fraction of sp³-hybridized carbons (Fsp3) is 0.786. The summed E-state index contributed by atoms with van der Waals surface area (Å²) < 4.78 is 7.72. The molecule has 1 saturated heterocycles. The first kappa shape index (κ1) is 14.8. The third-order valence-corrected chi connectivity index (χ3v) is 4.04. The Kier molecular flexibility index (Phi) is 5.67. The van der Waals surface area contributed by atoms with Crippen LogP contribution < -0.4 is 5.32 Å². The van der Waals surface area contributed by atoms with E-state index in [1.165, 1.54) is 12.8 Å². The Balaban J connectivity index is 2.01. The van der Waals surface area contributed by atoms with Gasteiger partial charge in [0.05, 0.1) is 29.1 Å². The third kappa shape index (κ3) is 3.71. The van der Waals surface area contributed by atoms with Crippen LogP contribution in [0.2, 0.25) is 5.02 Å². The highest BCUT2D eigenvalue weighted by Gasteiger charge is 2.22. The van der Waals surface area contributed by atoms with Crippen molar-refractivity contribution in [2.24, 2.45) is 0 Å². The standard InChI is InChI=1S/C14H24ClN3O/c1-3-8-18-14(12(15)10-17-18)13(16-2)7-6-11-5-4-9-19-11/h10-11,13,16H,3-9H2,1-2H3. The summed E-state index contributed by atoms with van der Waals surface area (Å²) in [5, 5.41) is 8.50. The van der Waals surface area contributed by atoms with Crippen molar-refractivity contribution >= 4 is 11.6 Å². The Bertz CT molecular complexity index is 388. The van der Waals surface area contributed by atoms with Crippen molar-refractivity contribution in [3.63, 3.8) is 0 Å². The Morgan fingerprint density at radius 2 is 2.47 bits per heavy atom. The van der Waals surface area contributed by atoms with Gasteiger partial charge >= 0.3 is 0 Å². The summed E-state index contributed by atoms with van der Waals surface area (Å²) in [5.41, 5.74) is 1.11. The average molecular weight is 286 g/mol. The SMILES string of the molecule is CCCn1ncc(Cl)c1C(CCC1CCCO1)NC. The summed E-state index contributed by atoms with van der Waals surface area (Å²) in [6, 6.07) is 0.255. The molecule has 1 fully saturated rings. The van der Waals surface area contributed by atoms with Crippen molar-refractivity contribution in [2.45, 2.75) is 57.7 Å². The number of halogens is 1. The minimum atomic E-state index is 0.255. The second-order valence-electron chi connectivity index (χ2n) is 5.15. The molecule has 5 heteroatoms. The number of hydrogen-bond donors (Lipinski definition) is 1. The van der Waals surface area contributed by atoms with Crippen LogP contribution in [0.1, 0.15) is 50.8 Å². The fourth-order valence-corrected chi connectivity index (χ4v) is 3.02. The molecule has 0 spiro atoms. The third-order valence-electron chi connectivity index (χ3n) is 3.75. The van der Waals surface area contributed by atoms with Gasteiger partial charge in [-0.3, -0.25) is 4.68 Å². The van der Waals surface area contributed by atoms with E-state index in [-0.39, 0.29) is 6.04 Å². The molecule has 2 rings (SSSR count). The molecule has 1 aliphatic heterocycles. The molecule has 1 aliphatic rings. The molecule has 1 aromatic rings. The van der Waals surface area contributed by atoms with Gasteiger partial charge in [0.25, 0.3) is 0 Å². The van der Waals surface area contributed by atoms with E-state index in [1.54, 1.807) is 6.20 Å². The smallest absolute Gasteiger partial charge is 0.0834 e. The molecule has 0 aliphatic carbocycles. The van der Waals surface area contributed by atoms with Crippen molar-refractivity contribution in [1.82, 2.24) is 15.1 Å². The summed E-state index contributed by atoms with van der Waals surface area (Å²) in [6.07, 6.45) is 7.75. The molecular weight excluding hydrogens is 262 g/mol. The Morgan fingerprint density at radius 1 is 1.63 bits per heavy atom. The monoisotopic (exact) mass is 285 g/mol. The average Bonchev–Trinajstić information content (AvgIpc) is 3.03. The molecular formula is C14H24ClN3O. The first-order valence-corrected chi connectivity index (χ1v) is 7.64. The van der Waals surface area contributed by atoms with Crippen molar-refractivity contribution in [3.05, 3.63) is 16.9 Å². The van der Waals surface area contributed by atoms with Gasteiger partial charge in [0.2, 0.25) is 0 Å². The Labute approximate surface area is 120 Å². The lowest BCUT2D eigenvalue weighted by Gasteiger charge is -2.20. The predicted octanol–water partition coefficient (Wildman–Crippen LogP) is 3.17. The van der Waals surface area contributed by atoms with Gasteiger partial charge in [-0.15, -0.1) is 0 Å². The van der Waals surface area contributed by atoms with Crippen LogP contribution in [-0.4, -0.2) is 29.5 Å². The van der Waals surface area contributed by atoms with E-state index in [1.807, 2.05) is 11.7 Å². The first-order valence-electron chi connectivity index (χ1n) is 7.26. The summed E-state index contributed by atoms with van der Waals surface area (Å²) >= 11 is 6.30. The number of nitrogens with zero attached hydrogens (tertiary/aromatic N) is 2. The number of nitrogens with one attached hydrogen (secondary N) is 1. The number of rotatable bonds is 7. The number of hydrogen-bond acceptors (Lipinski definition) is 3. The highest BCUT2D eigenvalue weighted by Crippen LogP contribution is 2.28. The fourth-order valence-electron chi connectivity index (χ4n) is 2.75. The summed E-state index contributed by atoms with van der Waals surface area (Å²) in [5.74, 6) is 0. The van der Waals surface area contributed by atoms with Crippen LogP contribution in [0, 0.1) is 0 Å². The van der Waals surface area contributed by atoms with Gasteiger partial charge in [0.15, 0.2) is 0 Å². The lowest BCUT2D eigenvalue weighted by molar-refractivity contribution is 0.0995. The van der Waals surface area contributed by atoms with Crippen LogP contribution in [-0.2, 0) is 11.3 Å². The first-order chi connectivity index (χ1) is 9.26. The molecule has 1 aromatic heterocycles. The van der Waals surface area contributed by atoms with Gasteiger partial charge in [-0.05, 0) is 39.2 Å². The van der Waals surface area contributed by atoms with Gasteiger partial charge in [-0.25, -0.2) is 0 Å². The molecule has 4 nitrogen and oxygen atoms in total. The lowest BCUT2D eigenvalue weighted by Crippen LogP contribution is -2.22. The maximum absolute atomic E-state index is 6.30.